The van der Waals surface area contributed by atoms with Crippen LogP contribution < -0.4 is 0 Å². The van der Waals surface area contributed by atoms with E-state index in [4.69, 9.17) is 0 Å². The minimum absolute atomic E-state index is 0.0441. The highest BCUT2D eigenvalue weighted by molar-refractivity contribution is 4.86. The lowest BCUT2D eigenvalue weighted by atomic mass is 9.79. The molecule has 1 fully saturated rings. The fourth-order valence-corrected chi connectivity index (χ4v) is 2.05. The molecule has 0 amide bonds. The zero-order valence-electron chi connectivity index (χ0n) is 8.16. The van der Waals surface area contributed by atoms with Gasteiger partial charge >= 0.3 is 0 Å². The van der Waals surface area contributed by atoms with Gasteiger partial charge in [-0.3, -0.25) is 0 Å². The van der Waals surface area contributed by atoms with Crippen LogP contribution in [0.1, 0.15) is 39.5 Å². The van der Waals surface area contributed by atoms with E-state index in [1.807, 2.05) is 6.92 Å². The molecule has 0 aromatic carbocycles. The summed E-state index contributed by atoms with van der Waals surface area (Å²) in [5, 5.41) is 9.68. The highest BCUT2D eigenvalue weighted by Gasteiger charge is 2.25. The predicted molar refractivity (Wildman–Crippen MR) is 51.9 cm³/mol. The van der Waals surface area contributed by atoms with Crippen molar-refractivity contribution >= 4 is 0 Å². The minimum atomic E-state index is -0.0441. The first kappa shape index (κ1) is 9.79. The van der Waals surface area contributed by atoms with E-state index in [1.165, 1.54) is 12.8 Å². The third kappa shape index (κ3) is 2.63. The van der Waals surface area contributed by atoms with Crippen molar-refractivity contribution in [3.05, 3.63) is 12.2 Å². The van der Waals surface area contributed by atoms with Crippen LogP contribution in [0.15, 0.2) is 12.2 Å². The lowest BCUT2D eigenvalue weighted by Gasteiger charge is -2.30. The maximum absolute atomic E-state index is 9.68. The van der Waals surface area contributed by atoms with Gasteiger partial charge in [-0.1, -0.05) is 19.1 Å². The molecule has 3 atom stereocenters. The fraction of sp³-hybridized carbons (Fsp3) is 0.818. The minimum Gasteiger partial charge on any atom is -0.393 e. The van der Waals surface area contributed by atoms with Crippen molar-refractivity contribution in [2.24, 2.45) is 11.8 Å². The second-order valence-corrected chi connectivity index (χ2v) is 4.05. The third-order valence-electron chi connectivity index (χ3n) is 2.88. The van der Waals surface area contributed by atoms with Gasteiger partial charge in [0.15, 0.2) is 0 Å². The Morgan fingerprint density at radius 1 is 1.42 bits per heavy atom. The van der Waals surface area contributed by atoms with Gasteiger partial charge in [-0.05, 0) is 44.4 Å². The Hall–Kier alpha value is -0.300. The van der Waals surface area contributed by atoms with Gasteiger partial charge in [0.25, 0.3) is 0 Å². The Morgan fingerprint density at radius 2 is 2.17 bits per heavy atom. The Labute approximate surface area is 75.5 Å². The molecule has 12 heavy (non-hydrogen) atoms. The largest absolute Gasteiger partial charge is 0.393 e. The van der Waals surface area contributed by atoms with Crippen molar-refractivity contribution < 1.29 is 5.11 Å². The van der Waals surface area contributed by atoms with Crippen molar-refractivity contribution in [1.29, 1.82) is 0 Å². The van der Waals surface area contributed by atoms with E-state index in [0.717, 1.165) is 18.8 Å². The van der Waals surface area contributed by atoms with Gasteiger partial charge in [0.05, 0.1) is 6.10 Å². The number of aliphatic hydroxyl groups excluding tert-OH is 1. The van der Waals surface area contributed by atoms with E-state index in [9.17, 15) is 5.11 Å². The van der Waals surface area contributed by atoms with Crippen molar-refractivity contribution in [2.45, 2.75) is 45.6 Å². The van der Waals surface area contributed by atoms with Gasteiger partial charge in [0, 0.05) is 0 Å². The molecule has 1 saturated carbocycles. The molecule has 1 heteroatoms. The van der Waals surface area contributed by atoms with Crippen LogP contribution in [0.2, 0.25) is 0 Å². The Kier molecular flexibility index (Phi) is 3.80. The first-order valence-corrected chi connectivity index (χ1v) is 5.03. The number of hydrogen-bond donors (Lipinski definition) is 1. The van der Waals surface area contributed by atoms with Crippen molar-refractivity contribution in [3.63, 3.8) is 0 Å². The van der Waals surface area contributed by atoms with Crippen molar-refractivity contribution in [3.8, 4) is 0 Å². The average Bonchev–Trinajstić information content (AvgIpc) is 2.07. The molecule has 1 aliphatic rings. The summed E-state index contributed by atoms with van der Waals surface area (Å²) in [4.78, 5) is 0. The Morgan fingerprint density at radius 3 is 2.83 bits per heavy atom. The maximum Gasteiger partial charge on any atom is 0.0571 e. The van der Waals surface area contributed by atoms with Gasteiger partial charge in [-0.25, -0.2) is 0 Å². The van der Waals surface area contributed by atoms with Crippen LogP contribution in [-0.4, -0.2) is 11.2 Å². The summed E-state index contributed by atoms with van der Waals surface area (Å²) in [6.07, 6.45) is 8.67. The Balaban J connectivity index is 2.38. The van der Waals surface area contributed by atoms with Crippen LogP contribution in [0, 0.1) is 11.8 Å². The molecular formula is C11H20O. The molecule has 0 bridgehead atoms. The van der Waals surface area contributed by atoms with Crippen LogP contribution in [0.3, 0.4) is 0 Å². The van der Waals surface area contributed by atoms with E-state index < -0.39 is 0 Å². The predicted octanol–water partition coefficient (Wildman–Crippen LogP) is 2.75. The number of aliphatic hydroxyl groups is 1. The molecule has 0 aromatic heterocycles. The monoisotopic (exact) mass is 168 g/mol. The quantitative estimate of drug-likeness (QED) is 0.629. The summed E-state index contributed by atoms with van der Waals surface area (Å²) in [5.74, 6) is 1.33. The Bertz CT molecular complexity index is 151. The normalized spacial score (nSPS) is 37.4. The molecule has 70 valence electrons. The van der Waals surface area contributed by atoms with E-state index in [-0.39, 0.29) is 6.10 Å². The summed E-state index contributed by atoms with van der Waals surface area (Å²) >= 11 is 0. The van der Waals surface area contributed by atoms with E-state index in [2.05, 4.69) is 19.1 Å². The zero-order chi connectivity index (χ0) is 8.97. The number of allylic oxidation sites excluding steroid dienone is 2. The van der Waals surface area contributed by atoms with Gasteiger partial charge < -0.3 is 5.11 Å². The third-order valence-corrected chi connectivity index (χ3v) is 2.88. The SMILES string of the molecule is CC=CCC1CC(C)CCC1O. The van der Waals surface area contributed by atoms with Gasteiger partial charge in [0.1, 0.15) is 0 Å². The van der Waals surface area contributed by atoms with Crippen molar-refractivity contribution in [1.82, 2.24) is 0 Å². The molecule has 0 aliphatic heterocycles. The lowest BCUT2D eigenvalue weighted by Crippen LogP contribution is -2.27. The van der Waals surface area contributed by atoms with Crippen LogP contribution in [0.4, 0.5) is 0 Å². The fourth-order valence-electron chi connectivity index (χ4n) is 2.05. The number of hydrogen-bond acceptors (Lipinski definition) is 1. The average molecular weight is 168 g/mol. The molecule has 0 aromatic rings. The van der Waals surface area contributed by atoms with Crippen molar-refractivity contribution in [2.75, 3.05) is 0 Å². The zero-order valence-corrected chi connectivity index (χ0v) is 8.16. The molecule has 1 nitrogen and oxygen atoms in total. The molecule has 0 heterocycles. The molecule has 0 spiro atoms. The lowest BCUT2D eigenvalue weighted by molar-refractivity contribution is 0.0533. The first-order valence-electron chi connectivity index (χ1n) is 5.03. The number of rotatable bonds is 2. The van der Waals surface area contributed by atoms with Gasteiger partial charge in [0.2, 0.25) is 0 Å². The van der Waals surface area contributed by atoms with E-state index in [0.29, 0.717) is 5.92 Å². The summed E-state index contributed by atoms with van der Waals surface area (Å²) in [5.41, 5.74) is 0. The highest BCUT2D eigenvalue weighted by atomic mass is 16.3. The van der Waals surface area contributed by atoms with Crippen LogP contribution >= 0.6 is 0 Å². The second kappa shape index (κ2) is 4.66. The van der Waals surface area contributed by atoms with Gasteiger partial charge in [-0.2, -0.15) is 0 Å². The molecule has 0 radical (unpaired) electrons. The summed E-state index contributed by atoms with van der Waals surface area (Å²) < 4.78 is 0. The molecule has 1 rings (SSSR count). The topological polar surface area (TPSA) is 20.2 Å². The molecule has 1 N–H and O–H groups in total. The molecule has 0 saturated heterocycles. The summed E-state index contributed by atoms with van der Waals surface area (Å²) in [7, 11) is 0. The molecule has 1 aliphatic carbocycles. The standard InChI is InChI=1S/C11H20O/c1-3-4-5-10-8-9(2)6-7-11(10)12/h3-4,9-12H,5-8H2,1-2H3. The van der Waals surface area contributed by atoms with Crippen LogP contribution in [-0.2, 0) is 0 Å². The van der Waals surface area contributed by atoms with E-state index in [1.54, 1.807) is 0 Å². The second-order valence-electron chi connectivity index (χ2n) is 4.05. The highest BCUT2D eigenvalue weighted by Crippen LogP contribution is 2.31. The molecule has 3 unspecified atom stereocenters. The van der Waals surface area contributed by atoms with E-state index >= 15 is 0 Å². The molecular weight excluding hydrogens is 148 g/mol. The maximum atomic E-state index is 9.68. The first-order chi connectivity index (χ1) is 5.74. The summed E-state index contributed by atoms with van der Waals surface area (Å²) in [6, 6.07) is 0. The smallest absolute Gasteiger partial charge is 0.0571 e. The van der Waals surface area contributed by atoms with Crippen LogP contribution in [0.5, 0.6) is 0 Å². The summed E-state index contributed by atoms with van der Waals surface area (Å²) in [6.45, 7) is 4.33. The van der Waals surface area contributed by atoms with Gasteiger partial charge in [-0.15, -0.1) is 0 Å². The van der Waals surface area contributed by atoms with Crippen LogP contribution in [0.25, 0.3) is 0 Å².